The Hall–Kier alpha value is -2.49. The molecular formula is C30H40F3N3O2Si. The zero-order valence-corrected chi connectivity index (χ0v) is 24.9. The van der Waals surface area contributed by atoms with Crippen LogP contribution in [0.1, 0.15) is 81.9 Å². The molecule has 1 aromatic heterocycles. The minimum atomic E-state index is -4.41. The largest absolute Gasteiger partial charge is 0.416 e. The number of aromatic nitrogens is 2. The second kappa shape index (κ2) is 10.5. The third kappa shape index (κ3) is 6.47. The zero-order valence-electron chi connectivity index (χ0n) is 23.9. The fourth-order valence-electron chi connectivity index (χ4n) is 4.99. The Balaban J connectivity index is 1.58. The molecule has 0 unspecified atom stereocenters. The van der Waals surface area contributed by atoms with Gasteiger partial charge in [0.15, 0.2) is 8.32 Å². The second-order valence-corrected chi connectivity index (χ2v) is 17.2. The van der Waals surface area contributed by atoms with Crippen LogP contribution in [0, 0.1) is 6.92 Å². The van der Waals surface area contributed by atoms with Crippen LogP contribution in [0.5, 0.6) is 0 Å². The standard InChI is InChI=1S/C30H40F3N3O2Si/c1-19(21-9-8-10-23(17-21)30(31,32)33)34-27-25-18-22(11-12-26(25)35-20(2)36-27)29(37)15-13-24(14-16-29)38-39(6,7)28(3,4)5/h8-12,17-19,24,37H,13-16H2,1-7H3,(H,34,35,36)/t19-,24?,29?/m1/s1. The number of aryl methyl sites for hydroxylation is 1. The fraction of sp³-hybridized carbons (Fsp3) is 0.533. The summed E-state index contributed by atoms with van der Waals surface area (Å²) in [5, 5.41) is 15.8. The summed E-state index contributed by atoms with van der Waals surface area (Å²) in [6.45, 7) is 14.8. The van der Waals surface area contributed by atoms with Crippen molar-refractivity contribution in [3.63, 3.8) is 0 Å². The first-order chi connectivity index (χ1) is 18.0. The van der Waals surface area contributed by atoms with E-state index in [1.54, 1.807) is 19.9 Å². The van der Waals surface area contributed by atoms with Crippen molar-refractivity contribution in [2.45, 2.75) is 102 Å². The van der Waals surface area contributed by atoms with Crippen LogP contribution >= 0.6 is 0 Å². The zero-order chi connectivity index (χ0) is 28.8. The molecule has 4 rings (SSSR count). The van der Waals surface area contributed by atoms with E-state index in [1.165, 1.54) is 6.07 Å². The van der Waals surface area contributed by atoms with Crippen molar-refractivity contribution in [1.82, 2.24) is 9.97 Å². The Morgan fingerprint density at radius 2 is 1.72 bits per heavy atom. The highest BCUT2D eigenvalue weighted by molar-refractivity contribution is 6.74. The number of hydrogen-bond acceptors (Lipinski definition) is 5. The number of benzene rings is 2. The van der Waals surface area contributed by atoms with E-state index in [4.69, 9.17) is 4.43 Å². The average molecular weight is 560 g/mol. The molecule has 0 spiro atoms. The van der Waals surface area contributed by atoms with Gasteiger partial charge < -0.3 is 14.8 Å². The van der Waals surface area contributed by atoms with E-state index in [0.717, 1.165) is 35.9 Å². The van der Waals surface area contributed by atoms with Crippen LogP contribution in [0.25, 0.3) is 10.9 Å². The molecule has 1 aliphatic rings. The van der Waals surface area contributed by atoms with E-state index in [9.17, 15) is 18.3 Å². The molecule has 0 saturated heterocycles. The van der Waals surface area contributed by atoms with Crippen LogP contribution in [0.4, 0.5) is 19.0 Å². The molecule has 39 heavy (non-hydrogen) atoms. The minimum Gasteiger partial charge on any atom is -0.414 e. The lowest BCUT2D eigenvalue weighted by atomic mass is 9.78. The molecule has 0 aliphatic heterocycles. The van der Waals surface area contributed by atoms with Gasteiger partial charge in [0.05, 0.1) is 16.7 Å². The highest BCUT2D eigenvalue weighted by atomic mass is 28.4. The number of rotatable bonds is 6. The van der Waals surface area contributed by atoms with Gasteiger partial charge in [0.2, 0.25) is 0 Å². The number of aliphatic hydroxyl groups is 1. The SMILES string of the molecule is Cc1nc(N[C@H](C)c2cccc(C(F)(F)F)c2)c2cc(C3(O)CCC(O[Si](C)(C)C(C)(C)C)CC3)ccc2n1. The molecule has 0 amide bonds. The van der Waals surface area contributed by atoms with Crippen LogP contribution in [0.2, 0.25) is 18.1 Å². The van der Waals surface area contributed by atoms with Gasteiger partial charge in [0.1, 0.15) is 11.6 Å². The number of nitrogens with zero attached hydrogens (tertiary/aromatic N) is 2. The van der Waals surface area contributed by atoms with Gasteiger partial charge in [-0.15, -0.1) is 0 Å². The molecule has 0 radical (unpaired) electrons. The summed E-state index contributed by atoms with van der Waals surface area (Å²) < 4.78 is 46.4. The fourth-order valence-corrected chi connectivity index (χ4v) is 6.41. The lowest BCUT2D eigenvalue weighted by Gasteiger charge is -2.43. The summed E-state index contributed by atoms with van der Waals surface area (Å²) in [6.07, 6.45) is -1.52. The molecule has 2 aromatic carbocycles. The smallest absolute Gasteiger partial charge is 0.414 e. The van der Waals surface area contributed by atoms with E-state index >= 15 is 0 Å². The molecule has 9 heteroatoms. The third-order valence-electron chi connectivity index (χ3n) is 8.44. The lowest BCUT2D eigenvalue weighted by Crippen LogP contribution is -2.46. The number of alkyl halides is 3. The van der Waals surface area contributed by atoms with Crippen molar-refractivity contribution in [3.8, 4) is 0 Å². The summed E-state index contributed by atoms with van der Waals surface area (Å²) in [5.74, 6) is 1.08. The molecule has 2 N–H and O–H groups in total. The van der Waals surface area contributed by atoms with Gasteiger partial charge in [-0.1, -0.05) is 39.0 Å². The first-order valence-corrected chi connectivity index (χ1v) is 16.5. The molecule has 1 aliphatic carbocycles. The van der Waals surface area contributed by atoms with Gasteiger partial charge >= 0.3 is 6.18 Å². The molecule has 1 fully saturated rings. The Kier molecular flexibility index (Phi) is 7.93. The molecule has 1 saturated carbocycles. The first-order valence-electron chi connectivity index (χ1n) is 13.6. The average Bonchev–Trinajstić information content (AvgIpc) is 2.84. The number of fused-ring (bicyclic) bond motifs is 1. The quantitative estimate of drug-likeness (QED) is 0.298. The van der Waals surface area contributed by atoms with Crippen molar-refractivity contribution < 1.29 is 22.7 Å². The third-order valence-corrected chi connectivity index (χ3v) is 13.0. The van der Waals surface area contributed by atoms with Crippen molar-refractivity contribution in [2.75, 3.05) is 5.32 Å². The summed E-state index contributed by atoms with van der Waals surface area (Å²) >= 11 is 0. The topological polar surface area (TPSA) is 67.3 Å². The normalized spacial score (nSPS) is 21.7. The minimum absolute atomic E-state index is 0.131. The summed E-state index contributed by atoms with van der Waals surface area (Å²) in [4.78, 5) is 9.13. The van der Waals surface area contributed by atoms with Crippen LogP contribution in [-0.4, -0.2) is 29.5 Å². The van der Waals surface area contributed by atoms with E-state index < -0.39 is 31.7 Å². The van der Waals surface area contributed by atoms with E-state index in [1.807, 2.05) is 18.2 Å². The Morgan fingerprint density at radius 1 is 1.05 bits per heavy atom. The van der Waals surface area contributed by atoms with Crippen LogP contribution in [-0.2, 0) is 16.2 Å². The van der Waals surface area contributed by atoms with Crippen molar-refractivity contribution in [3.05, 3.63) is 65.0 Å². The number of halogens is 3. The van der Waals surface area contributed by atoms with Crippen LogP contribution in [0.3, 0.4) is 0 Å². The van der Waals surface area contributed by atoms with E-state index in [0.29, 0.717) is 35.6 Å². The van der Waals surface area contributed by atoms with Gasteiger partial charge in [-0.25, -0.2) is 9.97 Å². The van der Waals surface area contributed by atoms with Crippen molar-refractivity contribution in [2.24, 2.45) is 0 Å². The van der Waals surface area contributed by atoms with Crippen molar-refractivity contribution >= 4 is 25.0 Å². The van der Waals surface area contributed by atoms with E-state index in [-0.39, 0.29) is 11.1 Å². The number of nitrogens with one attached hydrogen (secondary N) is 1. The van der Waals surface area contributed by atoms with Crippen molar-refractivity contribution in [1.29, 1.82) is 0 Å². The number of anilines is 1. The van der Waals surface area contributed by atoms with Gasteiger partial charge in [0, 0.05) is 17.5 Å². The molecule has 212 valence electrons. The summed E-state index contributed by atoms with van der Waals surface area (Å²) in [6, 6.07) is 10.6. The predicted octanol–water partition coefficient (Wildman–Crippen LogP) is 8.28. The molecule has 1 atom stereocenters. The molecular weight excluding hydrogens is 519 g/mol. The maximum atomic E-state index is 13.3. The van der Waals surface area contributed by atoms with Gasteiger partial charge in [-0.2, -0.15) is 13.2 Å². The van der Waals surface area contributed by atoms with Crippen LogP contribution in [0.15, 0.2) is 42.5 Å². The van der Waals surface area contributed by atoms with Gasteiger partial charge in [0.25, 0.3) is 0 Å². The predicted molar refractivity (Wildman–Crippen MR) is 152 cm³/mol. The Morgan fingerprint density at radius 3 is 2.33 bits per heavy atom. The number of hydrogen-bond donors (Lipinski definition) is 2. The monoisotopic (exact) mass is 559 g/mol. The Bertz CT molecular complexity index is 1330. The molecule has 3 aromatic rings. The maximum Gasteiger partial charge on any atom is 0.416 e. The first kappa shape index (κ1) is 29.5. The Labute approximate surface area is 230 Å². The lowest BCUT2D eigenvalue weighted by molar-refractivity contribution is -0.137. The molecule has 1 heterocycles. The van der Waals surface area contributed by atoms with Crippen LogP contribution < -0.4 is 5.32 Å². The van der Waals surface area contributed by atoms with E-state index in [2.05, 4.69) is 49.1 Å². The van der Waals surface area contributed by atoms with Gasteiger partial charge in [-0.3, -0.25) is 0 Å². The summed E-state index contributed by atoms with van der Waals surface area (Å²) in [5.41, 5.74) is 0.335. The molecule has 0 bridgehead atoms. The summed E-state index contributed by atoms with van der Waals surface area (Å²) in [7, 11) is -1.89. The van der Waals surface area contributed by atoms with Gasteiger partial charge in [-0.05, 0) is 93.1 Å². The maximum absolute atomic E-state index is 13.3. The highest BCUT2D eigenvalue weighted by Gasteiger charge is 2.42. The highest BCUT2D eigenvalue weighted by Crippen LogP contribution is 2.43. The second-order valence-electron chi connectivity index (χ2n) is 12.4. The molecule has 5 nitrogen and oxygen atoms in total.